The van der Waals surface area contributed by atoms with Crippen LogP contribution < -0.4 is 9.47 Å². The number of carbonyl (C=O) groups is 1. The van der Waals surface area contributed by atoms with Crippen molar-refractivity contribution in [2.45, 2.75) is 31.6 Å². The van der Waals surface area contributed by atoms with Crippen molar-refractivity contribution >= 4 is 15.9 Å². The Labute approximate surface area is 197 Å². The fourth-order valence-corrected chi connectivity index (χ4v) is 6.06. The number of sulfonamides is 1. The Hall–Kier alpha value is -2.58. The number of ether oxygens (including phenoxy) is 2. The van der Waals surface area contributed by atoms with Crippen LogP contribution in [-0.2, 0) is 16.4 Å². The Morgan fingerprint density at radius 1 is 1.00 bits per heavy atom. The first-order valence-electron chi connectivity index (χ1n) is 11.2. The molecule has 2 aromatic carbocycles. The molecule has 2 atom stereocenters. The van der Waals surface area contributed by atoms with Gasteiger partial charge in [0.1, 0.15) is 0 Å². The molecule has 8 heteroatoms. The molecule has 0 unspecified atom stereocenters. The number of carbonyl (C=O) groups excluding carboxylic acids is 1. The number of methoxy groups -OCH3 is 2. The molecule has 2 aromatic rings. The molecule has 1 aliphatic heterocycles. The maximum Gasteiger partial charge on any atom is 0.253 e. The second-order valence-corrected chi connectivity index (χ2v) is 10.9. The third-order valence-corrected chi connectivity index (χ3v) is 7.95. The number of piperidine rings is 1. The molecule has 0 radical (unpaired) electrons. The van der Waals surface area contributed by atoms with Gasteiger partial charge in [-0.05, 0) is 66.6 Å². The molecule has 1 amide bonds. The minimum Gasteiger partial charge on any atom is -0.493 e. The van der Waals surface area contributed by atoms with Crippen LogP contribution in [0.3, 0.4) is 0 Å². The largest absolute Gasteiger partial charge is 0.493 e. The van der Waals surface area contributed by atoms with Gasteiger partial charge < -0.3 is 14.4 Å². The summed E-state index contributed by atoms with van der Waals surface area (Å²) in [4.78, 5) is 14.7. The maximum atomic E-state index is 13.1. The molecule has 0 saturated carbocycles. The normalized spacial score (nSPS) is 19.2. The summed E-state index contributed by atoms with van der Waals surface area (Å²) in [5, 5.41) is 0. The minimum atomic E-state index is -3.56. The van der Waals surface area contributed by atoms with Crippen LogP contribution in [0.2, 0.25) is 0 Å². The summed E-state index contributed by atoms with van der Waals surface area (Å²) in [7, 11) is 1.36. The molecule has 1 heterocycles. The second kappa shape index (κ2) is 10.6. The predicted octanol–water partition coefficient (Wildman–Crippen LogP) is 3.69. The van der Waals surface area contributed by atoms with E-state index in [0.717, 1.165) is 12.0 Å². The molecular weight excluding hydrogens is 440 g/mol. The van der Waals surface area contributed by atoms with Gasteiger partial charge in [0.15, 0.2) is 11.5 Å². The van der Waals surface area contributed by atoms with Gasteiger partial charge >= 0.3 is 0 Å². The van der Waals surface area contributed by atoms with E-state index in [9.17, 15) is 13.2 Å². The number of amides is 1. The van der Waals surface area contributed by atoms with Gasteiger partial charge in [0.25, 0.3) is 5.91 Å². The minimum absolute atomic E-state index is 0.153. The van der Waals surface area contributed by atoms with Crippen molar-refractivity contribution < 1.29 is 22.7 Å². The summed E-state index contributed by atoms with van der Waals surface area (Å²) < 4.78 is 38.3. The third kappa shape index (κ3) is 5.86. The SMILES string of the molecule is COc1ccc(CCN(C)C(=O)c2ccc(S(=O)(=O)N3C[C@H](C)C[C@@H](C)C3)cc2)cc1OC. The van der Waals surface area contributed by atoms with Gasteiger partial charge in [-0.1, -0.05) is 19.9 Å². The molecule has 0 bridgehead atoms. The van der Waals surface area contributed by atoms with Gasteiger partial charge in [0.2, 0.25) is 10.0 Å². The van der Waals surface area contributed by atoms with Crippen molar-refractivity contribution in [3.63, 3.8) is 0 Å². The van der Waals surface area contributed by atoms with Gasteiger partial charge in [-0.25, -0.2) is 8.42 Å². The number of hydrogen-bond donors (Lipinski definition) is 0. The first-order valence-corrected chi connectivity index (χ1v) is 12.7. The lowest BCUT2D eigenvalue weighted by atomic mass is 9.94. The highest BCUT2D eigenvalue weighted by molar-refractivity contribution is 7.89. The molecule has 33 heavy (non-hydrogen) atoms. The van der Waals surface area contributed by atoms with Crippen LogP contribution in [-0.4, -0.2) is 64.4 Å². The van der Waals surface area contributed by atoms with E-state index in [1.807, 2.05) is 18.2 Å². The molecule has 1 saturated heterocycles. The summed E-state index contributed by atoms with van der Waals surface area (Å²) in [6.07, 6.45) is 1.69. The number of benzene rings is 2. The lowest BCUT2D eigenvalue weighted by Gasteiger charge is -2.34. The Kier molecular flexibility index (Phi) is 8.02. The summed E-state index contributed by atoms with van der Waals surface area (Å²) in [6.45, 7) is 5.74. The van der Waals surface area contributed by atoms with E-state index in [1.165, 1.54) is 12.1 Å². The van der Waals surface area contributed by atoms with Gasteiger partial charge in [-0.2, -0.15) is 4.31 Å². The summed E-state index contributed by atoms with van der Waals surface area (Å²) >= 11 is 0. The molecular formula is C25H34N2O5S. The molecule has 0 aliphatic carbocycles. The molecule has 1 aliphatic rings. The molecule has 180 valence electrons. The van der Waals surface area contributed by atoms with Gasteiger partial charge in [0.05, 0.1) is 19.1 Å². The third-order valence-electron chi connectivity index (χ3n) is 6.10. The van der Waals surface area contributed by atoms with Crippen molar-refractivity contribution in [3.05, 3.63) is 53.6 Å². The number of likely N-dealkylation sites (N-methyl/N-ethyl adjacent to an activating group) is 1. The first-order chi connectivity index (χ1) is 15.6. The highest BCUT2D eigenvalue weighted by Crippen LogP contribution is 2.28. The van der Waals surface area contributed by atoms with Crippen molar-refractivity contribution in [1.82, 2.24) is 9.21 Å². The molecule has 0 aromatic heterocycles. The van der Waals surface area contributed by atoms with Crippen molar-refractivity contribution in [1.29, 1.82) is 0 Å². The lowest BCUT2D eigenvalue weighted by Crippen LogP contribution is -2.42. The monoisotopic (exact) mass is 474 g/mol. The van der Waals surface area contributed by atoms with E-state index in [2.05, 4.69) is 13.8 Å². The van der Waals surface area contributed by atoms with Crippen LogP contribution in [0.5, 0.6) is 11.5 Å². The topological polar surface area (TPSA) is 76.2 Å². The maximum absolute atomic E-state index is 13.1. The highest BCUT2D eigenvalue weighted by atomic mass is 32.2. The Morgan fingerprint density at radius 2 is 1.61 bits per heavy atom. The van der Waals surface area contributed by atoms with E-state index < -0.39 is 10.0 Å². The fraction of sp³-hybridized carbons (Fsp3) is 0.480. The summed E-state index contributed by atoms with van der Waals surface area (Å²) in [5.74, 6) is 1.83. The van der Waals surface area contributed by atoms with Crippen LogP contribution in [0.25, 0.3) is 0 Å². The van der Waals surface area contributed by atoms with Crippen LogP contribution in [0.15, 0.2) is 47.4 Å². The van der Waals surface area contributed by atoms with Crippen molar-refractivity contribution in [3.8, 4) is 11.5 Å². The Balaban J connectivity index is 1.65. The molecule has 0 spiro atoms. The van der Waals surface area contributed by atoms with Gasteiger partial charge in [-0.15, -0.1) is 0 Å². The van der Waals surface area contributed by atoms with Crippen LogP contribution in [0, 0.1) is 11.8 Å². The summed E-state index contributed by atoms with van der Waals surface area (Å²) in [5.41, 5.74) is 1.49. The lowest BCUT2D eigenvalue weighted by molar-refractivity contribution is 0.0796. The van der Waals surface area contributed by atoms with Crippen LogP contribution in [0.4, 0.5) is 0 Å². The molecule has 7 nitrogen and oxygen atoms in total. The molecule has 0 N–H and O–H groups in total. The highest BCUT2D eigenvalue weighted by Gasteiger charge is 2.31. The fourth-order valence-electron chi connectivity index (χ4n) is 4.38. The smallest absolute Gasteiger partial charge is 0.253 e. The number of hydrogen-bond acceptors (Lipinski definition) is 5. The van der Waals surface area contributed by atoms with E-state index in [0.29, 0.717) is 55.0 Å². The zero-order chi connectivity index (χ0) is 24.2. The standard InChI is InChI=1S/C25H34N2O5S/c1-18-14-19(2)17-27(16-18)33(29,30)22-9-7-21(8-10-22)25(28)26(3)13-12-20-6-11-23(31-4)24(15-20)32-5/h6-11,15,18-19H,12-14,16-17H2,1-5H3/t18-,19-/m1/s1. The van der Waals surface area contributed by atoms with E-state index >= 15 is 0 Å². The van der Waals surface area contributed by atoms with E-state index in [-0.39, 0.29) is 10.8 Å². The van der Waals surface area contributed by atoms with E-state index in [1.54, 1.807) is 42.6 Å². The van der Waals surface area contributed by atoms with E-state index in [4.69, 9.17) is 9.47 Å². The van der Waals surface area contributed by atoms with Crippen molar-refractivity contribution in [2.24, 2.45) is 11.8 Å². The zero-order valence-corrected chi connectivity index (χ0v) is 20.9. The predicted molar refractivity (Wildman–Crippen MR) is 128 cm³/mol. The van der Waals surface area contributed by atoms with Crippen molar-refractivity contribution in [2.75, 3.05) is 40.9 Å². The van der Waals surface area contributed by atoms with Gasteiger partial charge in [0, 0.05) is 32.2 Å². The first kappa shape index (κ1) is 25.1. The molecule has 1 fully saturated rings. The number of rotatable bonds is 8. The average molecular weight is 475 g/mol. The van der Waals surface area contributed by atoms with Crippen LogP contribution >= 0.6 is 0 Å². The average Bonchev–Trinajstić information content (AvgIpc) is 2.81. The summed E-state index contributed by atoms with van der Waals surface area (Å²) in [6, 6.07) is 12.0. The Morgan fingerprint density at radius 3 is 2.18 bits per heavy atom. The molecule has 3 rings (SSSR count). The second-order valence-electron chi connectivity index (χ2n) is 8.96. The van der Waals surface area contributed by atoms with Gasteiger partial charge in [-0.3, -0.25) is 4.79 Å². The van der Waals surface area contributed by atoms with Crippen LogP contribution in [0.1, 0.15) is 36.2 Å². The quantitative estimate of drug-likeness (QED) is 0.583. The Bertz CT molecular complexity index is 1060. The number of nitrogens with zero attached hydrogens (tertiary/aromatic N) is 2. The zero-order valence-electron chi connectivity index (χ0n) is 20.1.